The van der Waals surface area contributed by atoms with Crippen LogP contribution in [0.15, 0.2) is 29.3 Å². The number of halogens is 1. The second-order valence-corrected chi connectivity index (χ2v) is 8.13. The number of rotatable bonds is 4. The van der Waals surface area contributed by atoms with Crippen LogP contribution in [0.3, 0.4) is 0 Å². The molecule has 7 nitrogen and oxygen atoms in total. The molecule has 2 N–H and O–H groups in total. The molecule has 5 rings (SSSR count). The molecule has 3 heterocycles. The SMILES string of the molecule is C.C.COc1c(-c2cc3n(c2)C[C@@H](C)NC3)c(F)cc2c(=O)c(C(=O)O)cn(C3CC3)c12. The first kappa shape index (κ1) is 23.5. The van der Waals surface area contributed by atoms with Crippen LogP contribution in [0.1, 0.15) is 56.7 Å². The third-order valence-corrected chi connectivity index (χ3v) is 5.97. The van der Waals surface area contributed by atoms with Gasteiger partial charge in [0.2, 0.25) is 5.43 Å². The molecule has 0 saturated heterocycles. The standard InChI is InChI=1S/C22H22FN3O4.2CH4/c1-11-8-25-9-12(5-14(25)7-24-11)18-17(23)6-15-19(21(18)30-2)26(13-3-4-13)10-16(20(15)27)22(28)29;;/h5-6,9-11,13,24H,3-4,7-8H2,1-2H3,(H,28,29);2*1H4/t11-;;/m1../s1. The van der Waals surface area contributed by atoms with Gasteiger partial charge in [0.1, 0.15) is 11.4 Å². The summed E-state index contributed by atoms with van der Waals surface area (Å²) in [5, 5.41) is 12.9. The van der Waals surface area contributed by atoms with E-state index < -0.39 is 17.2 Å². The van der Waals surface area contributed by atoms with E-state index in [2.05, 4.69) is 16.8 Å². The maximum Gasteiger partial charge on any atom is 0.341 e. The van der Waals surface area contributed by atoms with Crippen molar-refractivity contribution < 1.29 is 19.0 Å². The minimum absolute atomic E-state index is 0. The van der Waals surface area contributed by atoms with E-state index in [1.54, 1.807) is 4.57 Å². The van der Waals surface area contributed by atoms with Crippen LogP contribution >= 0.6 is 0 Å². The zero-order valence-electron chi connectivity index (χ0n) is 16.7. The molecule has 3 aromatic rings. The van der Waals surface area contributed by atoms with Crippen LogP contribution in [-0.2, 0) is 13.1 Å². The van der Waals surface area contributed by atoms with E-state index in [0.29, 0.717) is 23.7 Å². The number of carbonyl (C=O) groups is 1. The molecule has 1 saturated carbocycles. The molecule has 2 aliphatic rings. The van der Waals surface area contributed by atoms with Gasteiger partial charge < -0.3 is 24.3 Å². The summed E-state index contributed by atoms with van der Waals surface area (Å²) in [5.74, 6) is -1.67. The maximum absolute atomic E-state index is 15.4. The number of carboxylic acids is 1. The van der Waals surface area contributed by atoms with Gasteiger partial charge in [0.15, 0.2) is 5.75 Å². The van der Waals surface area contributed by atoms with Crippen molar-refractivity contribution in [3.05, 3.63) is 51.8 Å². The van der Waals surface area contributed by atoms with Gasteiger partial charge in [-0.05, 0) is 31.9 Å². The minimum Gasteiger partial charge on any atom is -0.494 e. The highest BCUT2D eigenvalue weighted by molar-refractivity contribution is 5.98. The summed E-state index contributed by atoms with van der Waals surface area (Å²) in [4.78, 5) is 24.4. The van der Waals surface area contributed by atoms with E-state index in [9.17, 15) is 14.7 Å². The van der Waals surface area contributed by atoms with Crippen LogP contribution in [0.25, 0.3) is 22.0 Å². The number of nitrogens with zero attached hydrogens (tertiary/aromatic N) is 2. The minimum atomic E-state index is -1.32. The topological polar surface area (TPSA) is 85.5 Å². The molecule has 1 aromatic carbocycles. The van der Waals surface area contributed by atoms with E-state index >= 15 is 4.39 Å². The number of hydrogen-bond donors (Lipinski definition) is 2. The summed E-state index contributed by atoms with van der Waals surface area (Å²) in [6.07, 6.45) is 5.02. The van der Waals surface area contributed by atoms with Gasteiger partial charge in [0, 0.05) is 48.8 Å². The van der Waals surface area contributed by atoms with E-state index in [-0.39, 0.29) is 43.2 Å². The largest absolute Gasteiger partial charge is 0.494 e. The molecule has 0 spiro atoms. The van der Waals surface area contributed by atoms with Gasteiger partial charge >= 0.3 is 5.97 Å². The van der Waals surface area contributed by atoms with Crippen molar-refractivity contribution >= 4 is 16.9 Å². The van der Waals surface area contributed by atoms with Gasteiger partial charge in [0.25, 0.3) is 0 Å². The normalized spacial score (nSPS) is 17.3. The Hall–Kier alpha value is -3.13. The Morgan fingerprint density at radius 2 is 1.97 bits per heavy atom. The van der Waals surface area contributed by atoms with Crippen LogP contribution < -0.4 is 15.5 Å². The number of hydrogen-bond acceptors (Lipinski definition) is 4. The van der Waals surface area contributed by atoms with E-state index in [1.807, 2.05) is 12.3 Å². The van der Waals surface area contributed by atoms with Crippen molar-refractivity contribution in [2.24, 2.45) is 0 Å². The second-order valence-electron chi connectivity index (χ2n) is 8.13. The lowest BCUT2D eigenvalue weighted by Gasteiger charge is -2.22. The lowest BCUT2D eigenvalue weighted by molar-refractivity contribution is 0.0695. The molecular weight excluding hydrogens is 413 g/mol. The highest BCUT2D eigenvalue weighted by Gasteiger charge is 2.31. The molecule has 32 heavy (non-hydrogen) atoms. The van der Waals surface area contributed by atoms with Crippen LogP contribution in [0.4, 0.5) is 4.39 Å². The average molecular weight is 444 g/mol. The van der Waals surface area contributed by atoms with Gasteiger partial charge in [-0.2, -0.15) is 0 Å². The molecule has 1 aliphatic heterocycles. The number of methoxy groups -OCH3 is 1. The zero-order chi connectivity index (χ0) is 21.2. The monoisotopic (exact) mass is 443 g/mol. The van der Waals surface area contributed by atoms with Crippen molar-refractivity contribution in [3.8, 4) is 16.9 Å². The first-order chi connectivity index (χ1) is 14.4. The fourth-order valence-electron chi connectivity index (χ4n) is 4.36. The zero-order valence-corrected chi connectivity index (χ0v) is 16.7. The van der Waals surface area contributed by atoms with E-state index in [1.165, 1.54) is 13.3 Å². The predicted molar refractivity (Wildman–Crippen MR) is 123 cm³/mol. The number of aromatic nitrogens is 2. The fraction of sp³-hybridized carbons (Fsp3) is 0.417. The molecule has 8 heteroatoms. The van der Waals surface area contributed by atoms with E-state index in [4.69, 9.17) is 4.74 Å². The third kappa shape index (κ3) is 3.58. The molecule has 172 valence electrons. The van der Waals surface area contributed by atoms with Crippen molar-refractivity contribution in [2.75, 3.05) is 7.11 Å². The number of ether oxygens (including phenoxy) is 1. The Bertz CT molecular complexity index is 1260. The van der Waals surface area contributed by atoms with Gasteiger partial charge in [0.05, 0.1) is 23.6 Å². The molecular formula is C24H30FN3O4. The highest BCUT2D eigenvalue weighted by atomic mass is 19.1. The molecule has 1 atom stereocenters. The van der Waals surface area contributed by atoms with Crippen LogP contribution in [0, 0.1) is 5.82 Å². The highest BCUT2D eigenvalue weighted by Crippen LogP contribution is 2.44. The number of carboxylic acid groups (broad SMARTS) is 1. The Balaban J connectivity index is 0.00000144. The van der Waals surface area contributed by atoms with Gasteiger partial charge in [-0.25, -0.2) is 9.18 Å². The molecule has 2 aromatic heterocycles. The molecule has 0 radical (unpaired) electrons. The quantitative estimate of drug-likeness (QED) is 0.624. The number of aromatic carboxylic acids is 1. The van der Waals surface area contributed by atoms with Crippen LogP contribution in [-0.4, -0.2) is 33.4 Å². The van der Waals surface area contributed by atoms with Gasteiger partial charge in [-0.15, -0.1) is 0 Å². The second kappa shape index (κ2) is 8.43. The number of benzene rings is 1. The van der Waals surface area contributed by atoms with Gasteiger partial charge in [-0.3, -0.25) is 4.79 Å². The predicted octanol–water partition coefficient (Wildman–Crippen LogP) is 4.41. The third-order valence-electron chi connectivity index (χ3n) is 5.97. The Kier molecular flexibility index (Phi) is 6.20. The van der Waals surface area contributed by atoms with Gasteiger partial charge in [-0.1, -0.05) is 14.9 Å². The maximum atomic E-state index is 15.4. The number of nitrogens with one attached hydrogen (secondary N) is 1. The Labute approximate surface area is 186 Å². The summed E-state index contributed by atoms with van der Waals surface area (Å²) in [6.45, 7) is 3.56. The first-order valence-corrected chi connectivity index (χ1v) is 10.0. The summed E-state index contributed by atoms with van der Waals surface area (Å²) < 4.78 is 24.9. The van der Waals surface area contributed by atoms with Crippen molar-refractivity contribution in [1.82, 2.24) is 14.5 Å². The Morgan fingerprint density at radius 3 is 2.59 bits per heavy atom. The number of pyridine rings is 1. The average Bonchev–Trinajstić information content (AvgIpc) is 3.46. The van der Waals surface area contributed by atoms with Crippen molar-refractivity contribution in [3.63, 3.8) is 0 Å². The summed E-state index contributed by atoms with van der Waals surface area (Å²) >= 11 is 0. The lowest BCUT2D eigenvalue weighted by Crippen LogP contribution is -2.35. The smallest absolute Gasteiger partial charge is 0.341 e. The molecule has 0 amide bonds. The van der Waals surface area contributed by atoms with Crippen LogP contribution in [0.2, 0.25) is 0 Å². The summed E-state index contributed by atoms with van der Waals surface area (Å²) in [5.41, 5.74) is 1.40. The fourth-order valence-corrected chi connectivity index (χ4v) is 4.36. The first-order valence-electron chi connectivity index (χ1n) is 10.0. The van der Waals surface area contributed by atoms with E-state index in [0.717, 1.165) is 31.1 Å². The summed E-state index contributed by atoms with van der Waals surface area (Å²) in [7, 11) is 1.45. The Morgan fingerprint density at radius 1 is 1.25 bits per heavy atom. The summed E-state index contributed by atoms with van der Waals surface area (Å²) in [6, 6.07) is 3.47. The van der Waals surface area contributed by atoms with Crippen molar-refractivity contribution in [2.45, 2.75) is 59.8 Å². The number of fused-ring (bicyclic) bond motifs is 2. The lowest BCUT2D eigenvalue weighted by atomic mass is 10.0. The molecule has 1 fully saturated rings. The molecule has 0 bridgehead atoms. The molecule has 1 aliphatic carbocycles. The van der Waals surface area contributed by atoms with Crippen LogP contribution in [0.5, 0.6) is 5.75 Å². The van der Waals surface area contributed by atoms with Crippen molar-refractivity contribution in [1.29, 1.82) is 0 Å². The molecule has 0 unspecified atom stereocenters.